The number of nitrogens with zero attached hydrogens (tertiary/aromatic N) is 3. The molecule has 2 aromatic rings. The quantitative estimate of drug-likeness (QED) is 0.894. The van der Waals surface area contributed by atoms with Gasteiger partial charge in [0.05, 0.1) is 0 Å². The van der Waals surface area contributed by atoms with Gasteiger partial charge < -0.3 is 5.32 Å². The zero-order valence-electron chi connectivity index (χ0n) is 11.1. The van der Waals surface area contributed by atoms with Gasteiger partial charge in [-0.25, -0.2) is 9.97 Å². The Morgan fingerprint density at radius 2 is 1.89 bits per heavy atom. The van der Waals surface area contributed by atoms with Crippen molar-refractivity contribution in [2.75, 3.05) is 12.4 Å². The maximum atomic E-state index is 4.58. The fourth-order valence-electron chi connectivity index (χ4n) is 2.05. The van der Waals surface area contributed by atoms with E-state index in [2.05, 4.69) is 27.2 Å². The molecular formula is C14H18N4. The highest BCUT2D eigenvalue weighted by Crippen LogP contribution is 2.17. The number of anilines is 1. The third-order valence-electron chi connectivity index (χ3n) is 2.96. The van der Waals surface area contributed by atoms with Crippen LogP contribution in [0.3, 0.4) is 0 Å². The molecule has 2 aromatic heterocycles. The van der Waals surface area contributed by atoms with Crippen molar-refractivity contribution in [3.05, 3.63) is 47.2 Å². The number of pyridine rings is 1. The first-order valence-electron chi connectivity index (χ1n) is 6.17. The molecule has 0 radical (unpaired) electrons. The number of hydrogen-bond acceptors (Lipinski definition) is 4. The fourth-order valence-corrected chi connectivity index (χ4v) is 2.05. The van der Waals surface area contributed by atoms with Crippen molar-refractivity contribution in [1.82, 2.24) is 15.0 Å². The second-order valence-corrected chi connectivity index (χ2v) is 4.19. The zero-order chi connectivity index (χ0) is 13.0. The smallest absolute Gasteiger partial charge is 0.135 e. The minimum atomic E-state index is 0.738. The Hall–Kier alpha value is -1.97. The largest absolute Gasteiger partial charge is 0.373 e. The van der Waals surface area contributed by atoms with Crippen LogP contribution in [0.4, 0.5) is 5.82 Å². The highest BCUT2D eigenvalue weighted by Gasteiger charge is 2.09. The van der Waals surface area contributed by atoms with Crippen molar-refractivity contribution in [2.24, 2.45) is 0 Å². The molecule has 0 aliphatic carbocycles. The molecular weight excluding hydrogens is 224 g/mol. The van der Waals surface area contributed by atoms with E-state index in [9.17, 15) is 0 Å². The summed E-state index contributed by atoms with van der Waals surface area (Å²) in [6, 6.07) is 3.98. The SMILES string of the molecule is CCc1c(C)nc(Cc2ccncc2)nc1NC. The molecule has 0 unspecified atom stereocenters. The molecule has 0 bridgehead atoms. The third kappa shape index (κ3) is 2.64. The number of hydrogen-bond donors (Lipinski definition) is 1. The molecule has 0 amide bonds. The van der Waals surface area contributed by atoms with Crippen LogP contribution in [0.1, 0.15) is 29.6 Å². The molecule has 18 heavy (non-hydrogen) atoms. The van der Waals surface area contributed by atoms with Crippen LogP contribution >= 0.6 is 0 Å². The summed E-state index contributed by atoms with van der Waals surface area (Å²) in [4.78, 5) is 13.2. The number of nitrogens with one attached hydrogen (secondary N) is 1. The first-order chi connectivity index (χ1) is 8.74. The summed E-state index contributed by atoms with van der Waals surface area (Å²) < 4.78 is 0. The van der Waals surface area contributed by atoms with Crippen LogP contribution in [0.5, 0.6) is 0 Å². The molecule has 0 atom stereocenters. The van der Waals surface area contributed by atoms with E-state index in [1.807, 2.05) is 26.1 Å². The summed E-state index contributed by atoms with van der Waals surface area (Å²) in [6.45, 7) is 4.16. The van der Waals surface area contributed by atoms with Crippen molar-refractivity contribution < 1.29 is 0 Å². The van der Waals surface area contributed by atoms with Gasteiger partial charge in [0.2, 0.25) is 0 Å². The van der Waals surface area contributed by atoms with E-state index in [4.69, 9.17) is 0 Å². The predicted octanol–water partition coefficient (Wildman–Crippen LogP) is 2.37. The molecule has 0 aliphatic heterocycles. The lowest BCUT2D eigenvalue weighted by Crippen LogP contribution is -2.07. The Labute approximate surface area is 108 Å². The van der Waals surface area contributed by atoms with Crippen molar-refractivity contribution >= 4 is 5.82 Å². The first kappa shape index (κ1) is 12.5. The Kier molecular flexibility index (Phi) is 3.87. The maximum Gasteiger partial charge on any atom is 0.135 e. The Bertz CT molecular complexity index is 523. The zero-order valence-corrected chi connectivity index (χ0v) is 11.1. The number of aryl methyl sites for hydroxylation is 1. The van der Waals surface area contributed by atoms with Crippen LogP contribution in [-0.2, 0) is 12.8 Å². The summed E-state index contributed by atoms with van der Waals surface area (Å²) in [7, 11) is 1.90. The lowest BCUT2D eigenvalue weighted by Gasteiger charge is -2.11. The van der Waals surface area contributed by atoms with Gasteiger partial charge in [-0.2, -0.15) is 0 Å². The molecule has 0 spiro atoms. The lowest BCUT2D eigenvalue weighted by atomic mass is 10.1. The van der Waals surface area contributed by atoms with Gasteiger partial charge in [0.15, 0.2) is 0 Å². The molecule has 1 N–H and O–H groups in total. The normalized spacial score (nSPS) is 10.4. The van der Waals surface area contributed by atoms with Crippen molar-refractivity contribution in [3.8, 4) is 0 Å². The molecule has 0 aromatic carbocycles. The molecule has 0 fully saturated rings. The van der Waals surface area contributed by atoms with E-state index < -0.39 is 0 Å². The molecule has 0 saturated carbocycles. The van der Waals surface area contributed by atoms with Crippen LogP contribution in [0, 0.1) is 6.92 Å². The summed E-state index contributed by atoms with van der Waals surface area (Å²) >= 11 is 0. The summed E-state index contributed by atoms with van der Waals surface area (Å²) in [5.41, 5.74) is 3.42. The highest BCUT2D eigenvalue weighted by molar-refractivity contribution is 5.46. The molecule has 4 heteroatoms. The lowest BCUT2D eigenvalue weighted by molar-refractivity contribution is 0.906. The van der Waals surface area contributed by atoms with Gasteiger partial charge >= 0.3 is 0 Å². The average molecular weight is 242 g/mol. The van der Waals surface area contributed by atoms with E-state index in [0.717, 1.165) is 30.2 Å². The van der Waals surface area contributed by atoms with Gasteiger partial charge in [0.25, 0.3) is 0 Å². The van der Waals surface area contributed by atoms with Crippen molar-refractivity contribution in [2.45, 2.75) is 26.7 Å². The third-order valence-corrected chi connectivity index (χ3v) is 2.96. The van der Waals surface area contributed by atoms with Crippen LogP contribution < -0.4 is 5.32 Å². The van der Waals surface area contributed by atoms with Gasteiger partial charge in [-0.1, -0.05) is 6.92 Å². The van der Waals surface area contributed by atoms with E-state index >= 15 is 0 Å². The predicted molar refractivity (Wildman–Crippen MR) is 72.7 cm³/mol. The van der Waals surface area contributed by atoms with Crippen LogP contribution in [0.15, 0.2) is 24.5 Å². The second kappa shape index (κ2) is 5.58. The highest BCUT2D eigenvalue weighted by atomic mass is 15.0. The molecule has 2 heterocycles. The fraction of sp³-hybridized carbons (Fsp3) is 0.357. The van der Waals surface area contributed by atoms with Crippen molar-refractivity contribution in [1.29, 1.82) is 0 Å². The minimum absolute atomic E-state index is 0.738. The van der Waals surface area contributed by atoms with Crippen LogP contribution in [0.25, 0.3) is 0 Å². The van der Waals surface area contributed by atoms with Crippen LogP contribution in [0.2, 0.25) is 0 Å². The summed E-state index contributed by atoms with van der Waals surface area (Å²) in [6.07, 6.45) is 5.27. The van der Waals surface area contributed by atoms with E-state index in [-0.39, 0.29) is 0 Å². The second-order valence-electron chi connectivity index (χ2n) is 4.19. The van der Waals surface area contributed by atoms with Crippen LogP contribution in [-0.4, -0.2) is 22.0 Å². The van der Waals surface area contributed by atoms with Crippen molar-refractivity contribution in [3.63, 3.8) is 0 Å². The summed E-state index contributed by atoms with van der Waals surface area (Å²) in [5.74, 6) is 1.79. The van der Waals surface area contributed by atoms with Gasteiger partial charge in [-0.05, 0) is 31.0 Å². The molecule has 94 valence electrons. The molecule has 0 aliphatic rings. The average Bonchev–Trinajstić information content (AvgIpc) is 2.39. The Balaban J connectivity index is 2.32. The molecule has 0 saturated heterocycles. The van der Waals surface area contributed by atoms with Gasteiger partial charge in [0.1, 0.15) is 11.6 Å². The topological polar surface area (TPSA) is 50.7 Å². The standard InChI is InChI=1S/C14H18N4/c1-4-12-10(2)17-13(18-14(12)15-3)9-11-5-7-16-8-6-11/h5-8H,4,9H2,1-3H3,(H,15,17,18). The van der Waals surface area contributed by atoms with Gasteiger partial charge in [-0.15, -0.1) is 0 Å². The van der Waals surface area contributed by atoms with Gasteiger partial charge in [0, 0.05) is 37.1 Å². The van der Waals surface area contributed by atoms with E-state index in [1.54, 1.807) is 12.4 Å². The number of rotatable bonds is 4. The van der Waals surface area contributed by atoms with Gasteiger partial charge in [-0.3, -0.25) is 4.98 Å². The molecule has 4 nitrogen and oxygen atoms in total. The first-order valence-corrected chi connectivity index (χ1v) is 6.17. The Morgan fingerprint density at radius 3 is 2.50 bits per heavy atom. The minimum Gasteiger partial charge on any atom is -0.373 e. The summed E-state index contributed by atoms with van der Waals surface area (Å²) in [5, 5.41) is 3.15. The number of aromatic nitrogens is 3. The monoisotopic (exact) mass is 242 g/mol. The maximum absolute atomic E-state index is 4.58. The molecule has 2 rings (SSSR count). The van der Waals surface area contributed by atoms with E-state index in [1.165, 1.54) is 11.1 Å². The van der Waals surface area contributed by atoms with E-state index in [0.29, 0.717) is 0 Å². The Morgan fingerprint density at radius 1 is 1.17 bits per heavy atom.